The minimum atomic E-state index is 0.0693. The predicted molar refractivity (Wildman–Crippen MR) is 94.2 cm³/mol. The normalized spacial score (nSPS) is 21.6. The van der Waals surface area contributed by atoms with Gasteiger partial charge in [-0.05, 0) is 31.9 Å². The summed E-state index contributed by atoms with van der Waals surface area (Å²) in [6, 6.07) is 6.03. The second-order valence-corrected chi connectivity index (χ2v) is 6.86. The van der Waals surface area contributed by atoms with Gasteiger partial charge in [0, 0.05) is 42.7 Å². The van der Waals surface area contributed by atoms with Gasteiger partial charge in [-0.25, -0.2) is 9.50 Å². The molecule has 0 saturated carbocycles. The van der Waals surface area contributed by atoms with Gasteiger partial charge in [-0.3, -0.25) is 4.79 Å². The molecule has 0 N–H and O–H groups in total. The molecule has 5 heterocycles. The van der Waals surface area contributed by atoms with Gasteiger partial charge in [0.1, 0.15) is 5.69 Å². The van der Waals surface area contributed by atoms with E-state index in [-0.39, 0.29) is 18.0 Å². The molecule has 126 valence electrons. The molecule has 2 bridgehead atoms. The largest absolute Gasteiger partial charge is 0.327 e. The maximum Gasteiger partial charge on any atom is 0.271 e. The Hall–Kier alpha value is -2.89. The highest BCUT2D eigenvalue weighted by molar-refractivity contribution is 5.94. The molecular formula is C19H19N5O. The summed E-state index contributed by atoms with van der Waals surface area (Å²) < 4.78 is 3.75. The van der Waals surface area contributed by atoms with E-state index in [1.165, 1.54) is 5.69 Å². The van der Waals surface area contributed by atoms with Crippen molar-refractivity contribution in [2.75, 3.05) is 0 Å². The van der Waals surface area contributed by atoms with Crippen molar-refractivity contribution in [1.29, 1.82) is 0 Å². The lowest BCUT2D eigenvalue weighted by molar-refractivity contribution is 0.0635. The number of fused-ring (bicyclic) bond motifs is 6. The summed E-state index contributed by atoms with van der Waals surface area (Å²) in [6.07, 6.45) is 8.28. The number of aromatic nitrogens is 4. The standard InChI is InChI=1S/C19H19N5O/c1-3-22-8-4-5-16(22)19(25)23-13-6-7-15(23)14-11-20-18-9-12(2)21-24(18)17(14)10-13/h3-5,8-9,11,13,15H,1,6-7,10H2,2H3/t13-,15-/m0/s1. The Kier molecular flexibility index (Phi) is 2.92. The number of carbonyl (C=O) groups is 1. The van der Waals surface area contributed by atoms with Crippen LogP contribution in [0.5, 0.6) is 0 Å². The van der Waals surface area contributed by atoms with E-state index in [4.69, 9.17) is 0 Å². The van der Waals surface area contributed by atoms with Crippen molar-refractivity contribution in [2.45, 2.75) is 38.3 Å². The van der Waals surface area contributed by atoms with E-state index in [0.29, 0.717) is 5.69 Å². The average molecular weight is 333 g/mol. The average Bonchev–Trinajstić information content (AvgIpc) is 3.30. The molecule has 6 heteroatoms. The van der Waals surface area contributed by atoms with Crippen LogP contribution in [0.2, 0.25) is 0 Å². The van der Waals surface area contributed by atoms with Gasteiger partial charge >= 0.3 is 0 Å². The molecule has 5 rings (SSSR count). The van der Waals surface area contributed by atoms with E-state index in [0.717, 1.165) is 36.2 Å². The second kappa shape index (κ2) is 5.05. The smallest absolute Gasteiger partial charge is 0.271 e. The molecule has 3 aromatic rings. The fraction of sp³-hybridized carbons (Fsp3) is 0.316. The number of hydrogen-bond acceptors (Lipinski definition) is 3. The molecule has 0 aliphatic carbocycles. The number of rotatable bonds is 2. The quantitative estimate of drug-likeness (QED) is 0.725. The minimum Gasteiger partial charge on any atom is -0.327 e. The van der Waals surface area contributed by atoms with Crippen LogP contribution >= 0.6 is 0 Å². The third kappa shape index (κ3) is 1.94. The zero-order valence-corrected chi connectivity index (χ0v) is 14.1. The van der Waals surface area contributed by atoms with E-state index in [9.17, 15) is 4.79 Å². The van der Waals surface area contributed by atoms with Crippen molar-refractivity contribution in [3.8, 4) is 0 Å². The first-order chi connectivity index (χ1) is 12.2. The van der Waals surface area contributed by atoms with Gasteiger partial charge in [0.2, 0.25) is 0 Å². The third-order valence-electron chi connectivity index (χ3n) is 5.46. The lowest BCUT2D eigenvalue weighted by Crippen LogP contribution is -2.43. The first-order valence-electron chi connectivity index (χ1n) is 8.63. The van der Waals surface area contributed by atoms with Crippen LogP contribution < -0.4 is 0 Å². The van der Waals surface area contributed by atoms with Crippen LogP contribution in [0.3, 0.4) is 0 Å². The van der Waals surface area contributed by atoms with Crippen LogP contribution in [0.4, 0.5) is 0 Å². The summed E-state index contributed by atoms with van der Waals surface area (Å²) in [4.78, 5) is 19.8. The summed E-state index contributed by atoms with van der Waals surface area (Å²) in [5, 5.41) is 4.60. The molecular weight excluding hydrogens is 314 g/mol. The Morgan fingerprint density at radius 1 is 1.40 bits per heavy atom. The number of aryl methyl sites for hydroxylation is 1. The molecule has 1 saturated heterocycles. The van der Waals surface area contributed by atoms with Gasteiger partial charge in [0.15, 0.2) is 5.65 Å². The van der Waals surface area contributed by atoms with Gasteiger partial charge in [0.05, 0.1) is 17.4 Å². The van der Waals surface area contributed by atoms with Crippen LogP contribution in [0.15, 0.2) is 37.2 Å². The van der Waals surface area contributed by atoms with Gasteiger partial charge in [-0.2, -0.15) is 5.10 Å². The molecule has 1 fully saturated rings. The number of carbonyl (C=O) groups excluding carboxylic acids is 1. The van der Waals surface area contributed by atoms with Crippen molar-refractivity contribution < 1.29 is 4.79 Å². The molecule has 1 amide bonds. The zero-order chi connectivity index (χ0) is 17.1. The molecule has 0 radical (unpaired) electrons. The summed E-state index contributed by atoms with van der Waals surface area (Å²) in [7, 11) is 0. The van der Waals surface area contributed by atoms with Crippen molar-refractivity contribution in [1.82, 2.24) is 24.1 Å². The summed E-state index contributed by atoms with van der Waals surface area (Å²) in [5.41, 5.74) is 4.86. The van der Waals surface area contributed by atoms with Crippen molar-refractivity contribution in [2.24, 2.45) is 0 Å². The van der Waals surface area contributed by atoms with Gasteiger partial charge in [0.25, 0.3) is 5.91 Å². The van der Waals surface area contributed by atoms with Crippen LogP contribution in [0.25, 0.3) is 11.8 Å². The van der Waals surface area contributed by atoms with Crippen LogP contribution in [-0.4, -0.2) is 36.0 Å². The Morgan fingerprint density at radius 2 is 2.28 bits per heavy atom. The van der Waals surface area contributed by atoms with Gasteiger partial charge in [-0.1, -0.05) is 6.58 Å². The maximum atomic E-state index is 13.2. The molecule has 6 nitrogen and oxygen atoms in total. The fourth-order valence-electron chi connectivity index (χ4n) is 4.38. The number of amides is 1. The topological polar surface area (TPSA) is 55.4 Å². The third-order valence-corrected chi connectivity index (χ3v) is 5.46. The summed E-state index contributed by atoms with van der Waals surface area (Å²) >= 11 is 0. The molecule has 25 heavy (non-hydrogen) atoms. The highest BCUT2D eigenvalue weighted by atomic mass is 16.2. The second-order valence-electron chi connectivity index (χ2n) is 6.86. The van der Waals surface area contributed by atoms with E-state index in [2.05, 4.69) is 16.7 Å². The van der Waals surface area contributed by atoms with E-state index >= 15 is 0 Å². The predicted octanol–water partition coefficient (Wildman–Crippen LogP) is 2.84. The molecule has 3 aromatic heterocycles. The van der Waals surface area contributed by atoms with E-state index in [1.807, 2.05) is 46.9 Å². The van der Waals surface area contributed by atoms with Crippen LogP contribution in [-0.2, 0) is 6.42 Å². The number of nitrogens with zero attached hydrogens (tertiary/aromatic N) is 5. The summed E-state index contributed by atoms with van der Waals surface area (Å²) in [5.74, 6) is 0.0693. The Labute approximate surface area is 145 Å². The molecule has 2 aliphatic heterocycles. The lowest BCUT2D eigenvalue weighted by atomic mass is 9.98. The lowest BCUT2D eigenvalue weighted by Gasteiger charge is -2.36. The van der Waals surface area contributed by atoms with Gasteiger partial charge < -0.3 is 9.47 Å². The molecule has 2 atom stereocenters. The SMILES string of the molecule is C=Cn1cccc1C(=O)N1[C@H]2CC[C@H]1c1cnc3cc(C)nn3c1C2. The van der Waals surface area contributed by atoms with Crippen molar-refractivity contribution in [3.05, 3.63) is 59.8 Å². The zero-order valence-electron chi connectivity index (χ0n) is 14.1. The highest BCUT2D eigenvalue weighted by Gasteiger charge is 2.44. The maximum absolute atomic E-state index is 13.2. The number of hydrogen-bond donors (Lipinski definition) is 0. The van der Waals surface area contributed by atoms with Crippen LogP contribution in [0, 0.1) is 6.92 Å². The highest BCUT2D eigenvalue weighted by Crippen LogP contribution is 2.44. The Bertz CT molecular complexity index is 1010. The summed E-state index contributed by atoms with van der Waals surface area (Å²) in [6.45, 7) is 5.77. The van der Waals surface area contributed by atoms with E-state index in [1.54, 1.807) is 10.8 Å². The van der Waals surface area contributed by atoms with Crippen LogP contribution in [0.1, 0.15) is 46.3 Å². The Morgan fingerprint density at radius 3 is 3.12 bits per heavy atom. The molecule has 2 aliphatic rings. The monoisotopic (exact) mass is 333 g/mol. The first kappa shape index (κ1) is 14.5. The van der Waals surface area contributed by atoms with Crippen molar-refractivity contribution in [3.63, 3.8) is 0 Å². The Balaban J connectivity index is 1.61. The molecule has 0 unspecified atom stereocenters. The first-order valence-corrected chi connectivity index (χ1v) is 8.63. The minimum absolute atomic E-state index is 0.0693. The van der Waals surface area contributed by atoms with E-state index < -0.39 is 0 Å². The van der Waals surface area contributed by atoms with Crippen molar-refractivity contribution >= 4 is 17.8 Å². The molecule has 0 aromatic carbocycles. The molecule has 0 spiro atoms. The van der Waals surface area contributed by atoms with Gasteiger partial charge in [-0.15, -0.1) is 0 Å². The fourth-order valence-corrected chi connectivity index (χ4v) is 4.38.